The van der Waals surface area contributed by atoms with Gasteiger partial charge in [-0.25, -0.2) is 0 Å². The topological polar surface area (TPSA) is 145 Å². The Balaban J connectivity index is 0. The first-order valence-electron chi connectivity index (χ1n) is 21.3. The Kier molecular flexibility index (Phi) is 41.6. The molecule has 0 fully saturated rings. The Morgan fingerprint density at radius 2 is 0.906 bits per heavy atom. The molecule has 0 aliphatic rings. The van der Waals surface area contributed by atoms with Crippen molar-refractivity contribution in [1.29, 1.82) is 0 Å². The van der Waals surface area contributed by atoms with E-state index in [-0.39, 0.29) is 18.4 Å². The van der Waals surface area contributed by atoms with Crippen molar-refractivity contribution in [3.05, 3.63) is 24.3 Å². The van der Waals surface area contributed by atoms with Gasteiger partial charge in [-0.3, -0.25) is 18.3 Å². The molecule has 0 rings (SSSR count). The highest BCUT2D eigenvalue weighted by molar-refractivity contribution is 7.80. The van der Waals surface area contributed by atoms with E-state index in [0.717, 1.165) is 58.5 Å². The summed E-state index contributed by atoms with van der Waals surface area (Å²) in [5.74, 6) is -0.0160. The smallest absolute Gasteiger partial charge is 0.395 e. The third kappa shape index (κ3) is 46.3. The van der Waals surface area contributed by atoms with Crippen molar-refractivity contribution in [3.63, 3.8) is 0 Å². The molecule has 0 saturated carbocycles. The second kappa shape index (κ2) is 41.4. The number of aliphatic hydroxyl groups is 1. The number of hydrogen-bond donors (Lipinski definition) is 4. The van der Waals surface area contributed by atoms with Gasteiger partial charge in [0.25, 0.3) is 0 Å². The lowest BCUT2D eigenvalue weighted by Gasteiger charge is -2.25. The van der Waals surface area contributed by atoms with Gasteiger partial charge in [0, 0.05) is 25.9 Å². The quantitative estimate of drug-likeness (QED) is 0.0211. The first-order chi connectivity index (χ1) is 25.6. The zero-order chi connectivity index (χ0) is 39.7. The summed E-state index contributed by atoms with van der Waals surface area (Å²) in [6.45, 7) is 5.57. The van der Waals surface area contributed by atoms with E-state index < -0.39 is 16.6 Å². The second-order valence-corrected chi connectivity index (χ2v) is 15.6. The molecule has 11 heteroatoms. The molecular weight excluding hydrogens is 691 g/mol. The summed E-state index contributed by atoms with van der Waals surface area (Å²) >= 11 is 0. The van der Waals surface area contributed by atoms with Crippen molar-refractivity contribution >= 4 is 22.2 Å². The lowest BCUT2D eigenvalue weighted by atomic mass is 10.1. The molecule has 0 saturated heterocycles. The van der Waals surface area contributed by atoms with Gasteiger partial charge in [0.05, 0.1) is 13.7 Å². The van der Waals surface area contributed by atoms with Crippen molar-refractivity contribution in [1.82, 2.24) is 15.5 Å². The Morgan fingerprint density at radius 3 is 1.21 bits per heavy atom. The number of hydrogen-bond acceptors (Lipinski definition) is 7. The van der Waals surface area contributed by atoms with Gasteiger partial charge < -0.3 is 20.6 Å². The van der Waals surface area contributed by atoms with Crippen LogP contribution in [0.1, 0.15) is 194 Å². The molecule has 0 aromatic rings. The largest absolute Gasteiger partial charge is 0.397 e. The van der Waals surface area contributed by atoms with Crippen molar-refractivity contribution in [2.75, 3.05) is 33.9 Å². The highest BCUT2D eigenvalue weighted by Gasteiger charge is 2.17. The van der Waals surface area contributed by atoms with Gasteiger partial charge in [-0.1, -0.05) is 141 Å². The molecular formula is C42H83N3O7S. The van der Waals surface area contributed by atoms with E-state index in [9.17, 15) is 23.1 Å². The lowest BCUT2D eigenvalue weighted by Crippen LogP contribution is -2.53. The molecule has 4 N–H and O–H groups in total. The number of nitrogens with one attached hydrogen (secondary N) is 2. The highest BCUT2D eigenvalue weighted by Crippen LogP contribution is 2.12. The molecule has 0 radical (unpaired) electrons. The molecule has 0 unspecified atom stereocenters. The normalized spacial score (nSPS) is 11.8. The molecule has 0 heterocycles. The van der Waals surface area contributed by atoms with Crippen LogP contribution in [0.5, 0.6) is 0 Å². The first-order valence-corrected chi connectivity index (χ1v) is 22.7. The molecule has 0 spiro atoms. The predicted octanol–water partition coefficient (Wildman–Crippen LogP) is 9.98. The number of rotatable bonds is 37. The molecule has 0 aromatic carbocycles. The van der Waals surface area contributed by atoms with Crippen LogP contribution < -0.4 is 10.6 Å². The van der Waals surface area contributed by atoms with E-state index in [4.69, 9.17) is 4.55 Å². The van der Waals surface area contributed by atoms with Gasteiger partial charge in [-0.05, 0) is 71.3 Å². The summed E-state index contributed by atoms with van der Waals surface area (Å²) in [6, 6.07) is 0. The maximum Gasteiger partial charge on any atom is 0.397 e. The van der Waals surface area contributed by atoms with Gasteiger partial charge in [-0.2, -0.15) is 8.42 Å². The monoisotopic (exact) mass is 774 g/mol. The Bertz CT molecular complexity index is 922. The summed E-state index contributed by atoms with van der Waals surface area (Å²) in [5.41, 5.74) is 0. The zero-order valence-electron chi connectivity index (χ0n) is 34.6. The number of allylic oxidation sites excluding steroid dienone is 4. The van der Waals surface area contributed by atoms with Crippen LogP contribution in [0.4, 0.5) is 0 Å². The number of amides is 2. The van der Waals surface area contributed by atoms with E-state index in [2.05, 4.69) is 53.0 Å². The molecule has 0 atom stereocenters. The fourth-order valence-electron chi connectivity index (χ4n) is 5.95. The van der Waals surface area contributed by atoms with Crippen LogP contribution in [0, 0.1) is 0 Å². The predicted molar refractivity (Wildman–Crippen MR) is 222 cm³/mol. The van der Waals surface area contributed by atoms with E-state index in [0.29, 0.717) is 25.9 Å². The number of unbranched alkanes of at least 4 members (excludes halogenated alkanes) is 22. The van der Waals surface area contributed by atoms with Gasteiger partial charge >= 0.3 is 10.4 Å². The number of aliphatic hydroxyl groups excluding tert-OH is 1. The molecule has 314 valence electrons. The summed E-state index contributed by atoms with van der Waals surface area (Å²) in [6.07, 6.45) is 42.1. The highest BCUT2D eigenvalue weighted by atomic mass is 32.3. The minimum absolute atomic E-state index is 0.00801. The number of likely N-dealkylation sites (N-methyl/N-ethyl adjacent to an activating group) is 1. The molecule has 53 heavy (non-hydrogen) atoms. The SMILES string of the molecule is CCCCCCCC/C=C\CCCCCCCC(=O)NC(CN(C)CCO)NC(=O)CCCCCCC/C=C\CCCCCCCC.COS(=O)(=O)O. The number of carbonyl (C=O) groups is 2. The standard InChI is InChI=1S/C41H79N3O3.CH4O4S/c1-4-6-8-10-12-14-16-18-20-22-24-26-28-30-32-34-40(46)42-39(38-44(3)36-37-45)43-41(47)35-33-31-29-27-25-23-21-19-17-15-13-11-9-7-5-2;1-5-6(2,3)4/h18-21,39,45H,4-17,22-38H2,1-3H3,(H,42,46)(H,43,47);1H3,(H,2,3,4)/b20-18-,21-19-;. The van der Waals surface area contributed by atoms with Crippen molar-refractivity contribution in [2.45, 2.75) is 200 Å². The van der Waals surface area contributed by atoms with Gasteiger partial charge in [-0.15, -0.1) is 0 Å². The third-order valence-corrected chi connectivity index (χ3v) is 9.61. The molecule has 0 aliphatic heterocycles. The fourth-order valence-corrected chi connectivity index (χ4v) is 5.95. The van der Waals surface area contributed by atoms with Crippen LogP contribution in [0.15, 0.2) is 24.3 Å². The van der Waals surface area contributed by atoms with Crippen molar-refractivity contribution < 1.29 is 31.8 Å². The summed E-state index contributed by atoms with van der Waals surface area (Å²) in [4.78, 5) is 27.3. The van der Waals surface area contributed by atoms with Crippen molar-refractivity contribution in [3.8, 4) is 0 Å². The van der Waals surface area contributed by atoms with Crippen LogP contribution in [0.3, 0.4) is 0 Å². The van der Waals surface area contributed by atoms with Crippen LogP contribution in [0.25, 0.3) is 0 Å². The molecule has 0 bridgehead atoms. The average molecular weight is 774 g/mol. The molecule has 10 nitrogen and oxygen atoms in total. The Hall–Kier alpha value is -1.79. The van der Waals surface area contributed by atoms with E-state index in [1.54, 1.807) is 0 Å². The summed E-state index contributed by atoms with van der Waals surface area (Å²) < 4.78 is 29.7. The van der Waals surface area contributed by atoms with Crippen LogP contribution in [0.2, 0.25) is 0 Å². The minimum atomic E-state index is -4.16. The summed E-state index contributed by atoms with van der Waals surface area (Å²) in [5, 5.41) is 15.4. The minimum Gasteiger partial charge on any atom is -0.395 e. The van der Waals surface area contributed by atoms with Crippen LogP contribution in [-0.4, -0.2) is 74.8 Å². The second-order valence-electron chi connectivity index (χ2n) is 14.4. The summed E-state index contributed by atoms with van der Waals surface area (Å²) in [7, 11) is -1.39. The van der Waals surface area contributed by atoms with E-state index >= 15 is 0 Å². The lowest BCUT2D eigenvalue weighted by molar-refractivity contribution is -0.124. The maximum absolute atomic E-state index is 12.7. The number of carbonyl (C=O) groups excluding carboxylic acids is 2. The molecule has 2 amide bonds. The van der Waals surface area contributed by atoms with Gasteiger partial charge in [0.15, 0.2) is 0 Å². The average Bonchev–Trinajstić information content (AvgIpc) is 3.11. The van der Waals surface area contributed by atoms with Gasteiger partial charge in [0.1, 0.15) is 6.17 Å². The molecule has 0 aliphatic carbocycles. The van der Waals surface area contributed by atoms with E-state index in [1.165, 1.54) is 116 Å². The van der Waals surface area contributed by atoms with E-state index in [1.807, 2.05) is 11.9 Å². The van der Waals surface area contributed by atoms with Gasteiger partial charge in [0.2, 0.25) is 11.8 Å². The Labute approximate surface area is 326 Å². The Morgan fingerprint density at radius 1 is 0.604 bits per heavy atom. The first kappa shape index (κ1) is 53.3. The zero-order valence-corrected chi connectivity index (χ0v) is 35.4. The van der Waals surface area contributed by atoms with Crippen LogP contribution in [-0.2, 0) is 24.2 Å². The molecule has 0 aromatic heterocycles. The van der Waals surface area contributed by atoms with Crippen molar-refractivity contribution in [2.24, 2.45) is 0 Å². The fraction of sp³-hybridized carbons (Fsp3) is 0.857. The number of nitrogens with zero attached hydrogens (tertiary/aromatic N) is 1. The maximum atomic E-state index is 12.7. The van der Waals surface area contributed by atoms with Crippen LogP contribution >= 0.6 is 0 Å². The third-order valence-electron chi connectivity index (χ3n) is 9.19.